The highest BCUT2D eigenvalue weighted by Gasteiger charge is 2.02. The molecule has 0 heterocycles. The van der Waals surface area contributed by atoms with E-state index in [1.807, 2.05) is 0 Å². The van der Waals surface area contributed by atoms with E-state index >= 15 is 0 Å². The van der Waals surface area contributed by atoms with Crippen LogP contribution in [0.3, 0.4) is 0 Å². The molecule has 0 spiro atoms. The molecule has 0 radical (unpaired) electrons. The number of thiol groups is 2. The number of hydrogen-bond donors (Lipinski definition) is 3. The van der Waals surface area contributed by atoms with Crippen LogP contribution in [0.5, 0.6) is 0 Å². The predicted octanol–water partition coefficient (Wildman–Crippen LogP) is 2.48. The molecule has 88 valence electrons. The third kappa shape index (κ3) is 15.3. The van der Waals surface area contributed by atoms with Crippen molar-refractivity contribution in [3.63, 3.8) is 0 Å². The van der Waals surface area contributed by atoms with E-state index in [-0.39, 0.29) is 33.4 Å². The van der Waals surface area contributed by atoms with Gasteiger partial charge in [-0.2, -0.15) is 52.2 Å². The number of aliphatic carboxylic acids is 1. The zero-order valence-corrected chi connectivity index (χ0v) is 11.9. The largest absolute Gasteiger partial charge is 0.481 e. The molecule has 0 aromatic heterocycles. The lowest BCUT2D eigenvalue weighted by Gasteiger charge is -2.06. The average molecular weight is 277 g/mol. The maximum atomic E-state index is 10.1. The van der Waals surface area contributed by atoms with Crippen LogP contribution in [0.25, 0.3) is 0 Å². The van der Waals surface area contributed by atoms with E-state index < -0.39 is 5.97 Å². The highest BCUT2D eigenvalue weighted by atomic mass is 32.1. The molecule has 0 amide bonds. The molecule has 0 aliphatic carbocycles. The standard InChI is InChI=1S/C8H16O2S2.2H2S/c9-8(10)4-2-1-3-7(12)5-6-11;;/h7,11-12H,1-6H2,(H,9,10);2*1H2. The van der Waals surface area contributed by atoms with Crippen LogP contribution in [0.15, 0.2) is 0 Å². The van der Waals surface area contributed by atoms with Crippen molar-refractivity contribution in [2.75, 3.05) is 5.75 Å². The lowest BCUT2D eigenvalue weighted by molar-refractivity contribution is -0.137. The third-order valence-electron chi connectivity index (χ3n) is 1.64. The molecular weight excluding hydrogens is 256 g/mol. The molecule has 6 heteroatoms. The normalized spacial score (nSPS) is 11.0. The maximum Gasteiger partial charge on any atom is 0.303 e. The molecule has 0 rings (SSSR count). The lowest BCUT2D eigenvalue weighted by atomic mass is 10.1. The van der Waals surface area contributed by atoms with E-state index in [0.717, 1.165) is 31.4 Å². The molecule has 0 aromatic rings. The Labute approximate surface area is 111 Å². The minimum absolute atomic E-state index is 0. The van der Waals surface area contributed by atoms with E-state index in [2.05, 4.69) is 25.3 Å². The number of carboxylic acids is 1. The zero-order chi connectivity index (χ0) is 9.40. The summed E-state index contributed by atoms with van der Waals surface area (Å²) < 4.78 is 0. The van der Waals surface area contributed by atoms with Crippen LogP contribution in [0.2, 0.25) is 0 Å². The molecule has 0 aliphatic rings. The van der Waals surface area contributed by atoms with Crippen molar-refractivity contribution in [2.45, 2.75) is 37.4 Å². The Morgan fingerprint density at radius 1 is 1.21 bits per heavy atom. The van der Waals surface area contributed by atoms with Crippen LogP contribution >= 0.6 is 52.2 Å². The van der Waals surface area contributed by atoms with E-state index in [0.29, 0.717) is 5.25 Å². The SMILES string of the molecule is O=C(O)CCCCC(S)CCS.S.S. The van der Waals surface area contributed by atoms with Crippen molar-refractivity contribution in [2.24, 2.45) is 0 Å². The van der Waals surface area contributed by atoms with Crippen LogP contribution in [0.1, 0.15) is 32.1 Å². The van der Waals surface area contributed by atoms with Crippen molar-refractivity contribution in [3.05, 3.63) is 0 Å². The molecule has 2 nitrogen and oxygen atoms in total. The van der Waals surface area contributed by atoms with E-state index in [4.69, 9.17) is 5.11 Å². The summed E-state index contributed by atoms with van der Waals surface area (Å²) in [5.74, 6) is 0.146. The Hall–Kier alpha value is 0.870. The van der Waals surface area contributed by atoms with Crippen molar-refractivity contribution in [1.29, 1.82) is 0 Å². The van der Waals surface area contributed by atoms with Gasteiger partial charge >= 0.3 is 5.97 Å². The second-order valence-electron chi connectivity index (χ2n) is 2.81. The van der Waals surface area contributed by atoms with Crippen molar-refractivity contribution < 1.29 is 9.90 Å². The third-order valence-corrected chi connectivity index (χ3v) is 2.41. The van der Waals surface area contributed by atoms with Gasteiger partial charge in [-0.3, -0.25) is 4.79 Å². The highest BCUT2D eigenvalue weighted by molar-refractivity contribution is 7.81. The average Bonchev–Trinajstić information content (AvgIpc) is 1.98. The second kappa shape index (κ2) is 13.9. The van der Waals surface area contributed by atoms with Gasteiger partial charge in [0, 0.05) is 11.7 Å². The summed E-state index contributed by atoms with van der Waals surface area (Å²) in [6, 6.07) is 0. The minimum Gasteiger partial charge on any atom is -0.481 e. The van der Waals surface area contributed by atoms with Crippen molar-refractivity contribution >= 4 is 58.2 Å². The Balaban J connectivity index is -0.000000605. The minimum atomic E-state index is -0.708. The van der Waals surface area contributed by atoms with Crippen LogP contribution < -0.4 is 0 Å². The molecule has 1 atom stereocenters. The quantitative estimate of drug-likeness (QED) is 0.494. The summed E-state index contributed by atoms with van der Waals surface area (Å²) in [6.45, 7) is 0. The Morgan fingerprint density at radius 2 is 1.79 bits per heavy atom. The highest BCUT2D eigenvalue weighted by Crippen LogP contribution is 2.12. The first-order valence-electron chi connectivity index (χ1n) is 4.17. The summed E-state index contributed by atoms with van der Waals surface area (Å²) in [4.78, 5) is 10.1. The summed E-state index contributed by atoms with van der Waals surface area (Å²) in [7, 11) is 0. The fourth-order valence-corrected chi connectivity index (χ4v) is 1.78. The number of rotatable bonds is 7. The Morgan fingerprint density at radius 3 is 2.21 bits per heavy atom. The molecule has 0 saturated heterocycles. The molecule has 0 bridgehead atoms. The molecule has 1 unspecified atom stereocenters. The first kappa shape index (κ1) is 20.3. The van der Waals surface area contributed by atoms with Crippen LogP contribution in [-0.4, -0.2) is 22.1 Å². The van der Waals surface area contributed by atoms with Crippen LogP contribution in [0, 0.1) is 0 Å². The van der Waals surface area contributed by atoms with E-state index in [9.17, 15) is 4.79 Å². The smallest absolute Gasteiger partial charge is 0.303 e. The van der Waals surface area contributed by atoms with Crippen molar-refractivity contribution in [1.82, 2.24) is 0 Å². The van der Waals surface area contributed by atoms with Gasteiger partial charge in [-0.15, -0.1) is 0 Å². The van der Waals surface area contributed by atoms with E-state index in [1.165, 1.54) is 0 Å². The second-order valence-corrected chi connectivity index (χ2v) is 3.98. The van der Waals surface area contributed by atoms with Gasteiger partial charge in [0.25, 0.3) is 0 Å². The first-order chi connectivity index (χ1) is 5.66. The fourth-order valence-electron chi connectivity index (χ4n) is 0.950. The molecule has 0 saturated carbocycles. The molecule has 1 N–H and O–H groups in total. The molecule has 0 aromatic carbocycles. The van der Waals surface area contributed by atoms with Gasteiger partial charge in [-0.05, 0) is 25.0 Å². The Bertz CT molecular complexity index is 133. The monoisotopic (exact) mass is 276 g/mol. The Kier molecular flexibility index (Phi) is 20.1. The van der Waals surface area contributed by atoms with Gasteiger partial charge in [0.05, 0.1) is 0 Å². The van der Waals surface area contributed by atoms with Crippen molar-refractivity contribution in [3.8, 4) is 0 Å². The van der Waals surface area contributed by atoms with Gasteiger partial charge in [-0.1, -0.05) is 6.42 Å². The molecule has 0 fully saturated rings. The fraction of sp³-hybridized carbons (Fsp3) is 0.875. The van der Waals surface area contributed by atoms with Gasteiger partial charge in [0.15, 0.2) is 0 Å². The number of unbranched alkanes of at least 4 members (excludes halogenated alkanes) is 1. The molecular formula is C8H20O2S4. The number of carboxylic acid groups (broad SMARTS) is 1. The summed E-state index contributed by atoms with van der Waals surface area (Å²) in [5, 5.41) is 8.74. The lowest BCUT2D eigenvalue weighted by Crippen LogP contribution is -2.00. The van der Waals surface area contributed by atoms with Gasteiger partial charge in [-0.25, -0.2) is 0 Å². The van der Waals surface area contributed by atoms with Crippen LogP contribution in [0.4, 0.5) is 0 Å². The number of hydrogen-bond acceptors (Lipinski definition) is 3. The van der Waals surface area contributed by atoms with E-state index in [1.54, 1.807) is 0 Å². The van der Waals surface area contributed by atoms with Gasteiger partial charge in [0.2, 0.25) is 0 Å². The molecule has 0 aliphatic heterocycles. The topological polar surface area (TPSA) is 37.3 Å². The summed E-state index contributed by atoms with van der Waals surface area (Å²) >= 11 is 8.43. The summed E-state index contributed by atoms with van der Waals surface area (Å²) in [6.07, 6.45) is 3.99. The zero-order valence-electron chi connectivity index (χ0n) is 8.07. The molecule has 14 heavy (non-hydrogen) atoms. The summed E-state index contributed by atoms with van der Waals surface area (Å²) in [5.41, 5.74) is 0. The van der Waals surface area contributed by atoms with Gasteiger partial charge in [0.1, 0.15) is 0 Å². The number of carbonyl (C=O) groups is 1. The maximum absolute atomic E-state index is 10.1. The predicted molar refractivity (Wildman–Crippen MR) is 78.1 cm³/mol. The van der Waals surface area contributed by atoms with Gasteiger partial charge < -0.3 is 5.11 Å². The first-order valence-corrected chi connectivity index (χ1v) is 5.32. The van der Waals surface area contributed by atoms with Crippen LogP contribution in [-0.2, 0) is 4.79 Å².